The van der Waals surface area contributed by atoms with Crippen LogP contribution in [0.15, 0.2) is 28.3 Å². The lowest BCUT2D eigenvalue weighted by Gasteiger charge is -2.27. The fraction of sp³-hybridized carbons (Fsp3) is 0.500. The summed E-state index contributed by atoms with van der Waals surface area (Å²) in [5.41, 5.74) is 2.81. The molecule has 2 atom stereocenters. The number of hydrogen-bond acceptors (Lipinski definition) is 5. The Kier molecular flexibility index (Phi) is 4.77. The van der Waals surface area contributed by atoms with Gasteiger partial charge in [-0.1, -0.05) is 0 Å². The van der Waals surface area contributed by atoms with Gasteiger partial charge in [0.15, 0.2) is 5.76 Å². The van der Waals surface area contributed by atoms with Gasteiger partial charge in [0.05, 0.1) is 17.5 Å². The summed E-state index contributed by atoms with van der Waals surface area (Å²) in [7, 11) is 1.73. The molecule has 0 unspecified atom stereocenters. The highest BCUT2D eigenvalue weighted by molar-refractivity contribution is 7.09. The quantitative estimate of drug-likeness (QED) is 0.842. The van der Waals surface area contributed by atoms with Crippen molar-refractivity contribution in [2.75, 3.05) is 20.1 Å². The molecule has 0 bridgehead atoms. The first-order valence-corrected chi connectivity index (χ1v) is 8.48. The second kappa shape index (κ2) is 6.80. The molecule has 0 aliphatic carbocycles. The standard InChI is InChI=1S/C16H20FN3O2S/c1-11-15(23-10-18-11)9-20-7-12(17)6-13(20)8-19(2)16(21)14-4-3-5-22-14/h3-5,10,12-13H,6-9H2,1-2H3/t12-,13-/m0/s1. The molecule has 1 aliphatic heterocycles. The number of furan rings is 1. The number of thiazole rings is 1. The van der Waals surface area contributed by atoms with Crippen molar-refractivity contribution >= 4 is 17.2 Å². The lowest BCUT2D eigenvalue weighted by atomic mass is 10.2. The third kappa shape index (κ3) is 3.61. The third-order valence-corrected chi connectivity index (χ3v) is 5.15. The Morgan fingerprint density at radius 3 is 3.09 bits per heavy atom. The van der Waals surface area contributed by atoms with E-state index in [0.717, 1.165) is 10.6 Å². The fourth-order valence-electron chi connectivity index (χ4n) is 2.96. The van der Waals surface area contributed by atoms with E-state index in [4.69, 9.17) is 4.42 Å². The lowest BCUT2D eigenvalue weighted by molar-refractivity contribution is 0.0719. The average Bonchev–Trinajstić information content (AvgIpc) is 3.23. The maximum Gasteiger partial charge on any atom is 0.289 e. The maximum absolute atomic E-state index is 13.9. The van der Waals surface area contributed by atoms with Crippen molar-refractivity contribution in [3.8, 4) is 0 Å². The zero-order valence-electron chi connectivity index (χ0n) is 13.2. The van der Waals surface area contributed by atoms with Crippen molar-refractivity contribution in [2.24, 2.45) is 0 Å². The molecule has 2 aromatic rings. The summed E-state index contributed by atoms with van der Waals surface area (Å²) in [5, 5.41) is 0. The van der Waals surface area contributed by atoms with E-state index < -0.39 is 6.17 Å². The number of likely N-dealkylation sites (tertiary alicyclic amines) is 1. The number of halogens is 1. The molecule has 1 amide bonds. The molecular formula is C16H20FN3O2S. The first kappa shape index (κ1) is 16.1. The molecule has 2 aromatic heterocycles. The fourth-order valence-corrected chi connectivity index (χ4v) is 3.76. The predicted molar refractivity (Wildman–Crippen MR) is 86.2 cm³/mol. The van der Waals surface area contributed by atoms with Crippen LogP contribution in [0, 0.1) is 6.92 Å². The minimum Gasteiger partial charge on any atom is -0.459 e. The van der Waals surface area contributed by atoms with Gasteiger partial charge in [-0.05, 0) is 25.5 Å². The number of amides is 1. The SMILES string of the molecule is Cc1ncsc1CN1C[C@@H](F)C[C@H]1CN(C)C(=O)c1ccco1. The van der Waals surface area contributed by atoms with Crippen molar-refractivity contribution in [1.29, 1.82) is 0 Å². The van der Waals surface area contributed by atoms with Crippen molar-refractivity contribution in [3.63, 3.8) is 0 Å². The van der Waals surface area contributed by atoms with Crippen LogP contribution in [0.3, 0.4) is 0 Å². The molecule has 0 aromatic carbocycles. The van der Waals surface area contributed by atoms with Gasteiger partial charge in [-0.2, -0.15) is 0 Å². The van der Waals surface area contributed by atoms with E-state index >= 15 is 0 Å². The zero-order valence-corrected chi connectivity index (χ0v) is 14.1. The minimum atomic E-state index is -0.847. The Labute approximate surface area is 138 Å². The average molecular weight is 337 g/mol. The molecule has 1 aliphatic rings. The van der Waals surface area contributed by atoms with E-state index in [1.165, 1.54) is 6.26 Å². The summed E-state index contributed by atoms with van der Waals surface area (Å²) in [4.78, 5) is 21.4. The molecule has 124 valence electrons. The van der Waals surface area contributed by atoms with Crippen LogP contribution in [0.1, 0.15) is 27.5 Å². The second-order valence-corrected chi connectivity index (χ2v) is 6.88. The number of aryl methyl sites for hydroxylation is 1. The van der Waals surface area contributed by atoms with Gasteiger partial charge < -0.3 is 9.32 Å². The Hall–Kier alpha value is -1.73. The highest BCUT2D eigenvalue weighted by Crippen LogP contribution is 2.26. The third-order valence-electron chi connectivity index (χ3n) is 4.23. The molecule has 1 saturated heterocycles. The number of hydrogen-bond donors (Lipinski definition) is 0. The van der Waals surface area contributed by atoms with Gasteiger partial charge in [-0.15, -0.1) is 11.3 Å². The van der Waals surface area contributed by atoms with Crippen molar-refractivity contribution < 1.29 is 13.6 Å². The van der Waals surface area contributed by atoms with Crippen LogP contribution in [0.25, 0.3) is 0 Å². The number of carbonyl (C=O) groups excluding carboxylic acids is 1. The van der Waals surface area contributed by atoms with Crippen LogP contribution in [0.2, 0.25) is 0 Å². The number of rotatable bonds is 5. The Morgan fingerprint density at radius 1 is 1.61 bits per heavy atom. The highest BCUT2D eigenvalue weighted by atomic mass is 32.1. The summed E-state index contributed by atoms with van der Waals surface area (Å²) in [6, 6.07) is 3.34. The summed E-state index contributed by atoms with van der Waals surface area (Å²) in [6.07, 6.45) is 1.08. The topological polar surface area (TPSA) is 49.6 Å². The van der Waals surface area contributed by atoms with Crippen molar-refractivity contribution in [1.82, 2.24) is 14.8 Å². The molecule has 0 N–H and O–H groups in total. The molecule has 3 heterocycles. The van der Waals surface area contributed by atoms with Crippen molar-refractivity contribution in [3.05, 3.63) is 40.2 Å². The molecule has 7 heteroatoms. The van der Waals surface area contributed by atoms with Gasteiger partial charge in [0.25, 0.3) is 5.91 Å². The molecule has 0 radical (unpaired) electrons. The molecule has 1 fully saturated rings. The van der Waals surface area contributed by atoms with E-state index in [9.17, 15) is 9.18 Å². The van der Waals surface area contributed by atoms with Gasteiger partial charge in [-0.25, -0.2) is 9.37 Å². The first-order chi connectivity index (χ1) is 11.0. The summed E-state index contributed by atoms with van der Waals surface area (Å²) < 4.78 is 19.0. The summed E-state index contributed by atoms with van der Waals surface area (Å²) >= 11 is 1.59. The van der Waals surface area contributed by atoms with Crippen LogP contribution in [-0.4, -0.2) is 53.0 Å². The molecule has 23 heavy (non-hydrogen) atoms. The van der Waals surface area contributed by atoms with Crippen LogP contribution in [0.5, 0.6) is 0 Å². The Morgan fingerprint density at radius 2 is 2.43 bits per heavy atom. The van der Waals surface area contributed by atoms with Crippen molar-refractivity contribution in [2.45, 2.75) is 32.1 Å². The second-order valence-electron chi connectivity index (χ2n) is 5.94. The largest absolute Gasteiger partial charge is 0.459 e. The van der Waals surface area contributed by atoms with Gasteiger partial charge >= 0.3 is 0 Å². The number of aromatic nitrogens is 1. The molecule has 3 rings (SSSR count). The normalized spacial score (nSPS) is 21.7. The Bertz CT molecular complexity index is 658. The van der Waals surface area contributed by atoms with Gasteiger partial charge in [0.1, 0.15) is 6.17 Å². The molecule has 0 spiro atoms. The Balaban J connectivity index is 1.65. The molecular weight excluding hydrogens is 317 g/mol. The molecule has 0 saturated carbocycles. The van der Waals surface area contributed by atoms with E-state index in [0.29, 0.717) is 31.8 Å². The first-order valence-electron chi connectivity index (χ1n) is 7.60. The monoisotopic (exact) mass is 337 g/mol. The summed E-state index contributed by atoms with van der Waals surface area (Å²) in [5.74, 6) is 0.137. The number of likely N-dealkylation sites (N-methyl/N-ethyl adjacent to an activating group) is 1. The van der Waals surface area contributed by atoms with E-state index in [1.807, 2.05) is 12.4 Å². The zero-order chi connectivity index (χ0) is 16.4. The van der Waals surface area contributed by atoms with E-state index in [2.05, 4.69) is 9.88 Å². The number of carbonyl (C=O) groups is 1. The lowest BCUT2D eigenvalue weighted by Crippen LogP contribution is -2.40. The predicted octanol–water partition coefficient (Wildman–Crippen LogP) is 2.73. The number of alkyl halides is 1. The highest BCUT2D eigenvalue weighted by Gasteiger charge is 2.34. The molecule has 5 nitrogen and oxygen atoms in total. The maximum atomic E-state index is 13.9. The minimum absolute atomic E-state index is 0.00964. The van der Waals surface area contributed by atoms with Crippen LogP contribution in [-0.2, 0) is 6.54 Å². The smallest absolute Gasteiger partial charge is 0.289 e. The van der Waals surface area contributed by atoms with Gasteiger partial charge in [0.2, 0.25) is 0 Å². The van der Waals surface area contributed by atoms with E-state index in [1.54, 1.807) is 35.4 Å². The summed E-state index contributed by atoms with van der Waals surface area (Å²) in [6.45, 7) is 3.55. The van der Waals surface area contributed by atoms with Crippen LogP contribution < -0.4 is 0 Å². The van der Waals surface area contributed by atoms with Crippen LogP contribution in [0.4, 0.5) is 4.39 Å². The van der Waals surface area contributed by atoms with Gasteiger partial charge in [0, 0.05) is 37.6 Å². The number of nitrogens with zero attached hydrogens (tertiary/aromatic N) is 3. The van der Waals surface area contributed by atoms with Gasteiger partial charge in [-0.3, -0.25) is 9.69 Å². The van der Waals surface area contributed by atoms with Crippen LogP contribution >= 0.6 is 11.3 Å². The van der Waals surface area contributed by atoms with E-state index in [-0.39, 0.29) is 11.9 Å².